The molecule has 0 radical (unpaired) electrons. The van der Waals surface area contributed by atoms with Gasteiger partial charge in [-0.3, -0.25) is 9.59 Å². The van der Waals surface area contributed by atoms with E-state index in [1.54, 1.807) is 18.3 Å². The largest absolute Gasteiger partial charge is 0.481 e. The molecule has 82 valence electrons. The molecule has 0 amide bonds. The average molecular weight is 219 g/mol. The third kappa shape index (κ3) is 2.05. The number of rotatable bonds is 3. The predicted octanol–water partition coefficient (Wildman–Crippen LogP) is 0.335. The van der Waals surface area contributed by atoms with Gasteiger partial charge in [-0.25, -0.2) is 9.97 Å². The first-order chi connectivity index (χ1) is 7.66. The number of carboxylic acids is 1. The number of carboxylic acid groups (broad SMARTS) is 1. The second kappa shape index (κ2) is 4.09. The molecule has 2 aromatic rings. The Morgan fingerprint density at radius 2 is 2.31 bits per heavy atom. The number of hydrogen-bond acceptors (Lipinski definition) is 4. The maximum absolute atomic E-state index is 11.5. The molecule has 0 aliphatic rings. The molecule has 6 nitrogen and oxygen atoms in total. The average Bonchev–Trinajstić information content (AvgIpc) is 2.26. The van der Waals surface area contributed by atoms with E-state index >= 15 is 0 Å². The van der Waals surface area contributed by atoms with Gasteiger partial charge in [0.2, 0.25) is 0 Å². The second-order valence-electron chi connectivity index (χ2n) is 3.28. The van der Waals surface area contributed by atoms with Crippen molar-refractivity contribution in [2.75, 3.05) is 0 Å². The van der Waals surface area contributed by atoms with Crippen LogP contribution < -0.4 is 5.56 Å². The molecule has 0 aromatic carbocycles. The van der Waals surface area contributed by atoms with E-state index in [-0.39, 0.29) is 24.1 Å². The van der Waals surface area contributed by atoms with Gasteiger partial charge in [0.15, 0.2) is 5.65 Å². The molecule has 2 heterocycles. The Labute approximate surface area is 90.0 Å². The van der Waals surface area contributed by atoms with Crippen molar-refractivity contribution in [2.45, 2.75) is 12.8 Å². The molecule has 0 unspecified atom stereocenters. The Hall–Kier alpha value is -2.24. The zero-order valence-corrected chi connectivity index (χ0v) is 8.30. The monoisotopic (exact) mass is 219 g/mol. The van der Waals surface area contributed by atoms with E-state index in [1.165, 1.54) is 0 Å². The van der Waals surface area contributed by atoms with Gasteiger partial charge in [-0.15, -0.1) is 0 Å². The first kappa shape index (κ1) is 10.3. The molecule has 16 heavy (non-hydrogen) atoms. The Morgan fingerprint density at radius 1 is 1.50 bits per heavy atom. The van der Waals surface area contributed by atoms with Crippen LogP contribution in [0.15, 0.2) is 23.1 Å². The number of hydrogen-bond donors (Lipinski definition) is 2. The molecule has 0 aliphatic heterocycles. The highest BCUT2D eigenvalue weighted by atomic mass is 16.4. The van der Waals surface area contributed by atoms with Crippen molar-refractivity contribution in [3.8, 4) is 0 Å². The number of nitrogens with zero attached hydrogens (tertiary/aromatic N) is 2. The Kier molecular flexibility index (Phi) is 2.63. The number of aryl methyl sites for hydroxylation is 1. The van der Waals surface area contributed by atoms with Gasteiger partial charge in [0.1, 0.15) is 11.2 Å². The van der Waals surface area contributed by atoms with E-state index in [0.29, 0.717) is 11.2 Å². The van der Waals surface area contributed by atoms with Crippen molar-refractivity contribution in [1.29, 1.82) is 0 Å². The lowest BCUT2D eigenvalue weighted by Gasteiger charge is -1.99. The molecule has 0 bridgehead atoms. The number of pyridine rings is 1. The zero-order valence-electron chi connectivity index (χ0n) is 8.30. The molecule has 6 heteroatoms. The first-order valence-electron chi connectivity index (χ1n) is 4.72. The van der Waals surface area contributed by atoms with E-state index in [4.69, 9.17) is 5.11 Å². The maximum atomic E-state index is 11.5. The van der Waals surface area contributed by atoms with Crippen LogP contribution in [0.25, 0.3) is 11.2 Å². The lowest BCUT2D eigenvalue weighted by atomic mass is 10.2. The van der Waals surface area contributed by atoms with Crippen LogP contribution in [0.3, 0.4) is 0 Å². The summed E-state index contributed by atoms with van der Waals surface area (Å²) in [6.45, 7) is 0. The summed E-state index contributed by atoms with van der Waals surface area (Å²) in [5.41, 5.74) is 0.810. The molecular formula is C10H9N3O3. The van der Waals surface area contributed by atoms with E-state index < -0.39 is 5.97 Å². The number of aromatic amines is 1. The molecule has 2 rings (SSSR count). The van der Waals surface area contributed by atoms with Gasteiger partial charge in [0.05, 0.1) is 6.42 Å². The van der Waals surface area contributed by atoms with E-state index in [9.17, 15) is 9.59 Å². The lowest BCUT2D eigenvalue weighted by Crippen LogP contribution is -2.16. The van der Waals surface area contributed by atoms with Crippen LogP contribution in [0.5, 0.6) is 0 Å². The highest BCUT2D eigenvalue weighted by Gasteiger charge is 2.07. The van der Waals surface area contributed by atoms with E-state index in [0.717, 1.165) is 0 Å². The first-order valence-corrected chi connectivity index (χ1v) is 4.72. The fourth-order valence-corrected chi connectivity index (χ4v) is 1.35. The number of aliphatic carboxylic acids is 1. The Balaban J connectivity index is 2.42. The molecular weight excluding hydrogens is 210 g/mol. The van der Waals surface area contributed by atoms with Gasteiger partial charge in [-0.1, -0.05) is 0 Å². The summed E-state index contributed by atoms with van der Waals surface area (Å²) in [5, 5.41) is 8.53. The summed E-state index contributed by atoms with van der Waals surface area (Å²) < 4.78 is 0. The van der Waals surface area contributed by atoms with Gasteiger partial charge < -0.3 is 10.1 Å². The summed E-state index contributed by atoms with van der Waals surface area (Å²) in [6.07, 6.45) is 1.56. The number of nitrogens with one attached hydrogen (secondary N) is 1. The minimum absolute atomic E-state index is 0.109. The second-order valence-corrected chi connectivity index (χ2v) is 3.28. The van der Waals surface area contributed by atoms with E-state index in [1.807, 2.05) is 0 Å². The molecule has 0 aliphatic carbocycles. The van der Waals surface area contributed by atoms with Crippen LogP contribution in [0.4, 0.5) is 0 Å². The van der Waals surface area contributed by atoms with Gasteiger partial charge >= 0.3 is 5.97 Å². The predicted molar refractivity (Wildman–Crippen MR) is 56.1 cm³/mol. The number of H-pyrrole nitrogens is 1. The normalized spacial score (nSPS) is 10.5. The number of aromatic nitrogens is 3. The number of fused-ring (bicyclic) bond motifs is 1. The Bertz CT molecular complexity index is 591. The van der Waals surface area contributed by atoms with E-state index in [2.05, 4.69) is 15.0 Å². The standard InChI is InChI=1S/C10H9N3O3/c14-8(15)4-3-7-10(16)13-9-6(12-7)2-1-5-11-9/h1-2,5H,3-4H2,(H,14,15)(H,11,13,16). The molecule has 0 spiro atoms. The van der Waals surface area contributed by atoms with Crippen LogP contribution in [0.2, 0.25) is 0 Å². The van der Waals surface area contributed by atoms with Crippen LogP contribution in [0, 0.1) is 0 Å². The topological polar surface area (TPSA) is 95.9 Å². The van der Waals surface area contributed by atoms with Crippen molar-refractivity contribution >= 4 is 17.1 Å². The SMILES string of the molecule is O=C(O)CCc1nc2cccnc2[nH]c1=O. The molecule has 2 N–H and O–H groups in total. The Morgan fingerprint density at radius 3 is 3.06 bits per heavy atom. The molecule has 2 aromatic heterocycles. The van der Waals surface area contributed by atoms with Crippen LogP contribution in [-0.4, -0.2) is 26.0 Å². The van der Waals surface area contributed by atoms with Gasteiger partial charge in [-0.05, 0) is 12.1 Å². The zero-order chi connectivity index (χ0) is 11.5. The highest BCUT2D eigenvalue weighted by Crippen LogP contribution is 2.03. The third-order valence-corrected chi connectivity index (χ3v) is 2.11. The van der Waals surface area contributed by atoms with Crippen molar-refractivity contribution in [3.05, 3.63) is 34.4 Å². The molecule has 0 saturated heterocycles. The third-order valence-electron chi connectivity index (χ3n) is 2.11. The van der Waals surface area contributed by atoms with Gasteiger partial charge in [-0.2, -0.15) is 0 Å². The minimum Gasteiger partial charge on any atom is -0.481 e. The van der Waals surface area contributed by atoms with Gasteiger partial charge in [0, 0.05) is 12.6 Å². The highest BCUT2D eigenvalue weighted by molar-refractivity contribution is 5.69. The van der Waals surface area contributed by atoms with Crippen molar-refractivity contribution < 1.29 is 9.90 Å². The summed E-state index contributed by atoms with van der Waals surface area (Å²) >= 11 is 0. The summed E-state index contributed by atoms with van der Waals surface area (Å²) in [5.74, 6) is -0.951. The summed E-state index contributed by atoms with van der Waals surface area (Å²) in [7, 11) is 0. The maximum Gasteiger partial charge on any atom is 0.303 e. The molecule has 0 saturated carbocycles. The molecule has 0 fully saturated rings. The van der Waals surface area contributed by atoms with Crippen LogP contribution >= 0.6 is 0 Å². The summed E-state index contributed by atoms with van der Waals surface area (Å²) in [4.78, 5) is 32.5. The quantitative estimate of drug-likeness (QED) is 0.775. The summed E-state index contributed by atoms with van der Waals surface area (Å²) in [6, 6.07) is 3.41. The fraction of sp³-hybridized carbons (Fsp3) is 0.200. The minimum atomic E-state index is -0.951. The van der Waals surface area contributed by atoms with Crippen molar-refractivity contribution in [3.63, 3.8) is 0 Å². The van der Waals surface area contributed by atoms with Gasteiger partial charge in [0.25, 0.3) is 5.56 Å². The van der Waals surface area contributed by atoms with Crippen LogP contribution in [-0.2, 0) is 11.2 Å². The smallest absolute Gasteiger partial charge is 0.303 e. The lowest BCUT2D eigenvalue weighted by molar-refractivity contribution is -0.136. The van der Waals surface area contributed by atoms with Crippen molar-refractivity contribution in [1.82, 2.24) is 15.0 Å². The van der Waals surface area contributed by atoms with Crippen molar-refractivity contribution in [2.24, 2.45) is 0 Å². The molecule has 0 atom stereocenters. The fourth-order valence-electron chi connectivity index (χ4n) is 1.35. The number of carbonyl (C=O) groups is 1. The van der Waals surface area contributed by atoms with Crippen LogP contribution in [0.1, 0.15) is 12.1 Å².